The second-order valence-corrected chi connectivity index (χ2v) is 2.72. The zero-order valence-electron chi connectivity index (χ0n) is 7.08. The fourth-order valence-corrected chi connectivity index (χ4v) is 0.854. The minimum absolute atomic E-state index is 0.104. The van der Waals surface area contributed by atoms with E-state index in [4.69, 9.17) is 5.73 Å². The standard InChI is InChI=1S/C7H8F3N3O/c8-7(9,10)1-2-13-4-5(3-12-13)6(11)14/h3-4H,1-2H2,(H2,11,14). The Morgan fingerprint density at radius 3 is 2.64 bits per heavy atom. The van der Waals surface area contributed by atoms with E-state index in [-0.39, 0.29) is 12.1 Å². The van der Waals surface area contributed by atoms with Gasteiger partial charge in [-0.2, -0.15) is 18.3 Å². The molecule has 1 aromatic heterocycles. The molecule has 1 aromatic rings. The minimum atomic E-state index is -4.22. The summed E-state index contributed by atoms with van der Waals surface area (Å²) in [5.41, 5.74) is 5.00. The van der Waals surface area contributed by atoms with E-state index in [2.05, 4.69) is 5.10 Å². The van der Waals surface area contributed by atoms with Crippen LogP contribution in [0.5, 0.6) is 0 Å². The van der Waals surface area contributed by atoms with Crippen molar-refractivity contribution in [3.8, 4) is 0 Å². The number of hydrogen-bond acceptors (Lipinski definition) is 2. The summed E-state index contributed by atoms with van der Waals surface area (Å²) < 4.78 is 36.4. The van der Waals surface area contributed by atoms with Gasteiger partial charge in [0.1, 0.15) is 0 Å². The number of carbonyl (C=O) groups excluding carboxylic acids is 1. The summed E-state index contributed by atoms with van der Waals surface area (Å²) in [5.74, 6) is -0.705. The van der Waals surface area contributed by atoms with Gasteiger partial charge in [0.15, 0.2) is 0 Å². The third kappa shape index (κ3) is 3.08. The van der Waals surface area contributed by atoms with Crippen molar-refractivity contribution in [2.45, 2.75) is 19.1 Å². The van der Waals surface area contributed by atoms with Gasteiger partial charge in [0, 0.05) is 12.7 Å². The quantitative estimate of drug-likeness (QED) is 0.801. The average molecular weight is 207 g/mol. The summed E-state index contributed by atoms with van der Waals surface area (Å²) in [7, 11) is 0. The van der Waals surface area contributed by atoms with E-state index in [0.717, 1.165) is 10.9 Å². The van der Waals surface area contributed by atoms with Gasteiger partial charge in [0.2, 0.25) is 0 Å². The van der Waals surface area contributed by atoms with Crippen LogP contribution in [0.2, 0.25) is 0 Å². The van der Waals surface area contributed by atoms with Gasteiger partial charge in [-0.15, -0.1) is 0 Å². The maximum Gasteiger partial charge on any atom is 0.390 e. The van der Waals surface area contributed by atoms with E-state index in [0.29, 0.717) is 0 Å². The Morgan fingerprint density at radius 2 is 2.21 bits per heavy atom. The SMILES string of the molecule is NC(=O)c1cnn(CCC(F)(F)F)c1. The molecule has 0 aliphatic carbocycles. The lowest BCUT2D eigenvalue weighted by molar-refractivity contribution is -0.137. The molecule has 1 amide bonds. The number of rotatable bonds is 3. The van der Waals surface area contributed by atoms with Crippen molar-refractivity contribution in [2.24, 2.45) is 5.73 Å². The lowest BCUT2D eigenvalue weighted by Gasteiger charge is -2.05. The molecule has 0 radical (unpaired) electrons. The van der Waals surface area contributed by atoms with Crippen LogP contribution in [0.3, 0.4) is 0 Å². The van der Waals surface area contributed by atoms with Crippen LogP contribution >= 0.6 is 0 Å². The number of aryl methyl sites for hydroxylation is 1. The van der Waals surface area contributed by atoms with Crippen molar-refractivity contribution in [1.82, 2.24) is 9.78 Å². The summed E-state index contributed by atoms with van der Waals surface area (Å²) in [6, 6.07) is 0. The van der Waals surface area contributed by atoms with E-state index < -0.39 is 18.5 Å². The summed E-state index contributed by atoms with van der Waals surface area (Å²) in [4.78, 5) is 10.6. The highest BCUT2D eigenvalue weighted by Crippen LogP contribution is 2.19. The van der Waals surface area contributed by atoms with Crippen LogP contribution in [0.1, 0.15) is 16.8 Å². The lowest BCUT2D eigenvalue weighted by atomic mass is 10.3. The Labute approximate surface area is 77.5 Å². The monoisotopic (exact) mass is 207 g/mol. The zero-order valence-corrected chi connectivity index (χ0v) is 7.08. The van der Waals surface area contributed by atoms with E-state index in [9.17, 15) is 18.0 Å². The third-order valence-electron chi connectivity index (χ3n) is 1.54. The Bertz CT molecular complexity index is 331. The van der Waals surface area contributed by atoms with Gasteiger partial charge in [0.05, 0.1) is 18.2 Å². The zero-order chi connectivity index (χ0) is 10.8. The van der Waals surface area contributed by atoms with Crippen molar-refractivity contribution >= 4 is 5.91 Å². The van der Waals surface area contributed by atoms with Crippen molar-refractivity contribution in [3.63, 3.8) is 0 Å². The van der Waals surface area contributed by atoms with Gasteiger partial charge in [-0.1, -0.05) is 0 Å². The predicted molar refractivity (Wildman–Crippen MR) is 41.4 cm³/mol. The summed E-state index contributed by atoms with van der Waals surface area (Å²) in [6.07, 6.45) is -2.88. The predicted octanol–water partition coefficient (Wildman–Crippen LogP) is 0.934. The number of alkyl halides is 3. The van der Waals surface area contributed by atoms with Crippen molar-refractivity contribution < 1.29 is 18.0 Å². The molecule has 0 aromatic carbocycles. The summed E-state index contributed by atoms with van der Waals surface area (Å²) in [6.45, 7) is -0.309. The number of nitrogens with zero attached hydrogens (tertiary/aromatic N) is 2. The van der Waals surface area contributed by atoms with Crippen LogP contribution < -0.4 is 5.73 Å². The van der Waals surface area contributed by atoms with Crippen LogP contribution in [-0.2, 0) is 6.54 Å². The fourth-order valence-electron chi connectivity index (χ4n) is 0.854. The first-order valence-corrected chi connectivity index (χ1v) is 3.77. The van der Waals surface area contributed by atoms with Crippen LogP contribution in [0.25, 0.3) is 0 Å². The Morgan fingerprint density at radius 1 is 1.57 bits per heavy atom. The first kappa shape index (κ1) is 10.6. The molecule has 7 heteroatoms. The number of primary amides is 1. The van der Waals surface area contributed by atoms with Crippen LogP contribution in [-0.4, -0.2) is 21.9 Å². The molecular formula is C7H8F3N3O. The number of nitrogens with two attached hydrogens (primary N) is 1. The molecule has 4 nitrogen and oxygen atoms in total. The summed E-state index contributed by atoms with van der Waals surface area (Å²) in [5, 5.41) is 3.56. The number of halogens is 3. The molecule has 0 saturated heterocycles. The van der Waals surface area contributed by atoms with Gasteiger partial charge in [-0.25, -0.2) is 0 Å². The molecule has 78 valence electrons. The molecule has 1 rings (SSSR count). The molecule has 0 aliphatic heterocycles. The summed E-state index contributed by atoms with van der Waals surface area (Å²) >= 11 is 0. The average Bonchev–Trinajstić information content (AvgIpc) is 2.47. The van der Waals surface area contributed by atoms with Gasteiger partial charge in [-0.05, 0) is 0 Å². The first-order chi connectivity index (χ1) is 6.38. The van der Waals surface area contributed by atoms with Crippen molar-refractivity contribution in [1.29, 1.82) is 0 Å². The van der Waals surface area contributed by atoms with Crippen molar-refractivity contribution in [2.75, 3.05) is 0 Å². The largest absolute Gasteiger partial charge is 0.390 e. The van der Waals surface area contributed by atoms with Crippen LogP contribution in [0, 0.1) is 0 Å². The highest BCUT2D eigenvalue weighted by Gasteiger charge is 2.26. The van der Waals surface area contributed by atoms with Crippen LogP contribution in [0.4, 0.5) is 13.2 Å². The highest BCUT2D eigenvalue weighted by atomic mass is 19.4. The molecule has 14 heavy (non-hydrogen) atoms. The Balaban J connectivity index is 2.56. The fraction of sp³-hybridized carbons (Fsp3) is 0.429. The molecule has 0 unspecified atom stereocenters. The van der Waals surface area contributed by atoms with Gasteiger partial charge in [0.25, 0.3) is 5.91 Å². The Kier molecular flexibility index (Phi) is 2.78. The van der Waals surface area contributed by atoms with Gasteiger partial charge >= 0.3 is 6.18 Å². The second kappa shape index (κ2) is 3.69. The second-order valence-electron chi connectivity index (χ2n) is 2.72. The van der Waals surface area contributed by atoms with E-state index in [1.54, 1.807) is 0 Å². The maximum atomic E-state index is 11.8. The van der Waals surface area contributed by atoms with Crippen molar-refractivity contribution in [3.05, 3.63) is 18.0 Å². The first-order valence-electron chi connectivity index (χ1n) is 3.77. The van der Waals surface area contributed by atoms with Gasteiger partial charge in [-0.3, -0.25) is 9.48 Å². The molecule has 2 N–H and O–H groups in total. The molecule has 0 saturated carbocycles. The lowest BCUT2D eigenvalue weighted by Crippen LogP contribution is -2.13. The number of amides is 1. The molecular weight excluding hydrogens is 199 g/mol. The number of carbonyl (C=O) groups is 1. The molecule has 0 aliphatic rings. The molecule has 0 spiro atoms. The van der Waals surface area contributed by atoms with Crippen LogP contribution in [0.15, 0.2) is 12.4 Å². The number of aromatic nitrogens is 2. The maximum absolute atomic E-state index is 11.8. The highest BCUT2D eigenvalue weighted by molar-refractivity contribution is 5.92. The topological polar surface area (TPSA) is 60.9 Å². The normalized spacial score (nSPS) is 11.6. The number of hydrogen-bond donors (Lipinski definition) is 1. The smallest absolute Gasteiger partial charge is 0.366 e. The minimum Gasteiger partial charge on any atom is -0.366 e. The molecule has 1 heterocycles. The van der Waals surface area contributed by atoms with Gasteiger partial charge < -0.3 is 5.73 Å². The Hall–Kier alpha value is -1.53. The molecule has 0 bridgehead atoms. The molecule has 0 atom stereocenters. The van der Waals surface area contributed by atoms with E-state index >= 15 is 0 Å². The van der Waals surface area contributed by atoms with E-state index in [1.165, 1.54) is 6.20 Å². The molecule has 0 fully saturated rings. The van der Waals surface area contributed by atoms with E-state index in [1.807, 2.05) is 0 Å². The third-order valence-corrected chi connectivity index (χ3v) is 1.54.